The number of aromatic nitrogens is 2. The number of thioether (sulfide) groups is 1. The Hall–Kier alpha value is 0.110. The fourth-order valence-electron chi connectivity index (χ4n) is 0.427. The summed E-state index contributed by atoms with van der Waals surface area (Å²) in [5.41, 5.74) is 0. The van der Waals surface area contributed by atoms with Crippen LogP contribution in [0.4, 0.5) is 9.93 Å². The van der Waals surface area contributed by atoms with Gasteiger partial charge in [0.15, 0.2) is 4.34 Å². The molecule has 0 aromatic carbocycles. The molecule has 1 rings (SSSR count). The molecule has 0 bridgehead atoms. The molecule has 60 valence electrons. The van der Waals surface area contributed by atoms with Gasteiger partial charge in [-0.3, -0.25) is 10.1 Å². The van der Waals surface area contributed by atoms with Crippen LogP contribution < -0.4 is 5.32 Å². The number of rotatable bonds is 2. The van der Waals surface area contributed by atoms with Crippen molar-refractivity contribution in [2.75, 3.05) is 11.6 Å². The van der Waals surface area contributed by atoms with Crippen LogP contribution in [0.5, 0.6) is 0 Å². The van der Waals surface area contributed by atoms with E-state index < -0.39 is 0 Å². The number of nitrogens with one attached hydrogen (secondary N) is 1. The van der Waals surface area contributed by atoms with Crippen LogP contribution in [0.15, 0.2) is 4.34 Å². The lowest BCUT2D eigenvalue weighted by Crippen LogP contribution is -1.98. The zero-order valence-electron chi connectivity index (χ0n) is 5.50. The van der Waals surface area contributed by atoms with Gasteiger partial charge in [0.2, 0.25) is 5.13 Å². The fourth-order valence-corrected chi connectivity index (χ4v) is 2.03. The molecule has 0 saturated heterocycles. The Kier molecular flexibility index (Phi) is 3.52. The van der Waals surface area contributed by atoms with Crippen LogP contribution >= 0.6 is 45.7 Å². The van der Waals surface area contributed by atoms with E-state index in [0.29, 0.717) is 5.13 Å². The third kappa shape index (κ3) is 2.91. The lowest BCUT2D eigenvalue weighted by Gasteiger charge is -1.88. The van der Waals surface area contributed by atoms with Crippen molar-refractivity contribution in [1.82, 2.24) is 10.2 Å². The molecule has 0 spiro atoms. The highest BCUT2D eigenvalue weighted by atomic mass is 127. The molecule has 1 aromatic rings. The Labute approximate surface area is 85.3 Å². The van der Waals surface area contributed by atoms with Gasteiger partial charge >= 0.3 is 0 Å². The zero-order valence-corrected chi connectivity index (χ0v) is 9.29. The topological polar surface area (TPSA) is 54.9 Å². The minimum absolute atomic E-state index is 0.147. The van der Waals surface area contributed by atoms with Gasteiger partial charge in [0, 0.05) is 22.6 Å². The number of anilines is 1. The maximum absolute atomic E-state index is 10.5. The number of carbonyl (C=O) groups is 1. The largest absolute Gasteiger partial charge is 0.292 e. The lowest BCUT2D eigenvalue weighted by atomic mass is 11.1. The molecule has 1 aromatic heterocycles. The second-order valence-electron chi connectivity index (χ2n) is 1.48. The Morgan fingerprint density at radius 1 is 1.73 bits per heavy atom. The first kappa shape index (κ1) is 9.20. The van der Waals surface area contributed by atoms with E-state index in [4.69, 9.17) is 0 Å². The molecule has 0 radical (unpaired) electrons. The summed E-state index contributed by atoms with van der Waals surface area (Å²) in [7, 11) is 0. The lowest BCUT2D eigenvalue weighted by molar-refractivity contribution is 0.271. The maximum atomic E-state index is 10.5. The number of hydrogen-bond acceptors (Lipinski definition) is 5. The highest BCUT2D eigenvalue weighted by molar-refractivity contribution is 14.1. The van der Waals surface area contributed by atoms with Crippen LogP contribution in [0.2, 0.25) is 0 Å². The monoisotopic (exact) mass is 301 g/mol. The number of halogens is 1. The van der Waals surface area contributed by atoms with Crippen molar-refractivity contribution in [3.05, 3.63) is 0 Å². The maximum Gasteiger partial charge on any atom is 0.286 e. The summed E-state index contributed by atoms with van der Waals surface area (Å²) in [4.78, 5) is 10.5. The number of amides is 1. The van der Waals surface area contributed by atoms with Crippen molar-refractivity contribution >= 4 is 54.7 Å². The Morgan fingerprint density at radius 2 is 2.45 bits per heavy atom. The molecule has 0 unspecified atom stereocenters. The van der Waals surface area contributed by atoms with E-state index in [1.54, 1.807) is 22.6 Å². The van der Waals surface area contributed by atoms with Crippen molar-refractivity contribution in [1.29, 1.82) is 0 Å². The third-order valence-electron chi connectivity index (χ3n) is 0.786. The van der Waals surface area contributed by atoms with E-state index in [1.807, 2.05) is 6.26 Å². The summed E-state index contributed by atoms with van der Waals surface area (Å²) in [5.74, 6) is 0. The zero-order chi connectivity index (χ0) is 8.27. The van der Waals surface area contributed by atoms with Gasteiger partial charge in [-0.25, -0.2) is 0 Å². The summed E-state index contributed by atoms with van der Waals surface area (Å²) in [6, 6.07) is 0. The number of hydrogen-bond donors (Lipinski definition) is 1. The first-order valence-electron chi connectivity index (χ1n) is 2.56. The van der Waals surface area contributed by atoms with E-state index >= 15 is 0 Å². The van der Waals surface area contributed by atoms with Gasteiger partial charge in [0.05, 0.1) is 0 Å². The summed E-state index contributed by atoms with van der Waals surface area (Å²) in [6.07, 6.45) is 1.91. The average Bonchev–Trinajstić information content (AvgIpc) is 2.34. The molecule has 1 heterocycles. The molecule has 1 N–H and O–H groups in total. The second-order valence-corrected chi connectivity index (χ2v) is 4.49. The van der Waals surface area contributed by atoms with Crippen LogP contribution in [0, 0.1) is 0 Å². The normalized spacial score (nSPS) is 9.64. The minimum Gasteiger partial charge on any atom is -0.292 e. The molecule has 7 heteroatoms. The van der Waals surface area contributed by atoms with Gasteiger partial charge in [0.1, 0.15) is 0 Å². The smallest absolute Gasteiger partial charge is 0.286 e. The molecule has 0 atom stereocenters. The highest BCUT2D eigenvalue weighted by Crippen LogP contribution is 2.23. The first-order chi connectivity index (χ1) is 5.22. The predicted molar refractivity (Wildman–Crippen MR) is 54.7 cm³/mol. The Balaban J connectivity index is 2.65. The SMILES string of the molecule is CSc1nnc(NC(=O)I)s1. The minimum atomic E-state index is -0.147. The van der Waals surface area contributed by atoms with Crippen LogP contribution in [0.1, 0.15) is 0 Å². The van der Waals surface area contributed by atoms with E-state index in [-0.39, 0.29) is 3.91 Å². The van der Waals surface area contributed by atoms with Crippen molar-refractivity contribution in [2.24, 2.45) is 0 Å². The third-order valence-corrected chi connectivity index (χ3v) is 2.87. The van der Waals surface area contributed by atoms with Crippen LogP contribution in [0.25, 0.3) is 0 Å². The van der Waals surface area contributed by atoms with Gasteiger partial charge < -0.3 is 0 Å². The molecule has 11 heavy (non-hydrogen) atoms. The summed E-state index contributed by atoms with van der Waals surface area (Å²) < 4.78 is 0.705. The Morgan fingerprint density at radius 3 is 2.91 bits per heavy atom. The van der Waals surface area contributed by atoms with E-state index in [1.165, 1.54) is 23.1 Å². The van der Waals surface area contributed by atoms with Crippen molar-refractivity contribution in [3.8, 4) is 0 Å². The van der Waals surface area contributed by atoms with Crippen LogP contribution in [-0.4, -0.2) is 20.4 Å². The van der Waals surface area contributed by atoms with Gasteiger partial charge in [-0.15, -0.1) is 10.2 Å². The fraction of sp³-hybridized carbons (Fsp3) is 0.250. The van der Waals surface area contributed by atoms with Gasteiger partial charge in [-0.2, -0.15) is 0 Å². The van der Waals surface area contributed by atoms with Gasteiger partial charge in [-0.1, -0.05) is 23.1 Å². The molecule has 0 saturated carbocycles. The second kappa shape index (κ2) is 4.21. The van der Waals surface area contributed by atoms with Crippen LogP contribution in [-0.2, 0) is 0 Å². The quantitative estimate of drug-likeness (QED) is 0.299. The van der Waals surface area contributed by atoms with Gasteiger partial charge in [0.25, 0.3) is 3.91 Å². The van der Waals surface area contributed by atoms with E-state index in [9.17, 15) is 4.79 Å². The highest BCUT2D eigenvalue weighted by Gasteiger charge is 2.03. The molecule has 0 aliphatic carbocycles. The number of carbonyl (C=O) groups excluding carboxylic acids is 1. The standard InChI is InChI=1S/C4H4IN3OS2/c1-10-4-8-7-3(11-4)6-2(5)9/h1H3,(H,6,7,9). The van der Waals surface area contributed by atoms with Crippen molar-refractivity contribution < 1.29 is 4.79 Å². The van der Waals surface area contributed by atoms with E-state index in [0.717, 1.165) is 4.34 Å². The molecule has 0 aliphatic heterocycles. The summed E-state index contributed by atoms with van der Waals surface area (Å²) in [5, 5.41) is 10.6. The van der Waals surface area contributed by atoms with Crippen LogP contribution in [0.3, 0.4) is 0 Å². The molecule has 0 aliphatic rings. The molecule has 0 fully saturated rings. The van der Waals surface area contributed by atoms with Crippen molar-refractivity contribution in [3.63, 3.8) is 0 Å². The number of nitrogens with zero attached hydrogens (tertiary/aromatic N) is 2. The average molecular weight is 301 g/mol. The van der Waals surface area contributed by atoms with Crippen molar-refractivity contribution in [2.45, 2.75) is 4.34 Å². The molecular formula is C4H4IN3OS2. The molecule has 1 amide bonds. The molecular weight excluding hydrogens is 297 g/mol. The summed E-state index contributed by atoms with van der Waals surface area (Å²) in [6.45, 7) is 0. The first-order valence-corrected chi connectivity index (χ1v) is 5.68. The van der Waals surface area contributed by atoms with Gasteiger partial charge in [-0.05, 0) is 6.26 Å². The predicted octanol–water partition coefficient (Wildman–Crippen LogP) is 2.23. The Bertz CT molecular complexity index is 264. The van der Waals surface area contributed by atoms with E-state index in [2.05, 4.69) is 15.5 Å². The summed E-state index contributed by atoms with van der Waals surface area (Å²) >= 11 is 4.52. The molecule has 4 nitrogen and oxygen atoms in total.